The lowest BCUT2D eigenvalue weighted by molar-refractivity contribution is -0.125. The summed E-state index contributed by atoms with van der Waals surface area (Å²) in [4.78, 5) is 30.9. The molecule has 0 fully saturated rings. The Bertz CT molecular complexity index is 842. The van der Waals surface area contributed by atoms with Crippen molar-refractivity contribution in [3.63, 3.8) is 0 Å². The van der Waals surface area contributed by atoms with Gasteiger partial charge >= 0.3 is 0 Å². The van der Waals surface area contributed by atoms with Crippen molar-refractivity contribution in [2.75, 3.05) is 6.54 Å². The van der Waals surface area contributed by atoms with Gasteiger partial charge in [-0.1, -0.05) is 18.2 Å². The Morgan fingerprint density at radius 2 is 1.79 bits per heavy atom. The van der Waals surface area contributed by atoms with Gasteiger partial charge in [0.1, 0.15) is 0 Å². The van der Waals surface area contributed by atoms with Gasteiger partial charge in [0.15, 0.2) is 0 Å². The number of para-hydroxylation sites is 1. The molecule has 2 heterocycles. The molecular weight excluding hydrogens is 304 g/mol. The number of nitrogens with zero attached hydrogens (tertiary/aromatic N) is 1. The Balaban J connectivity index is 1.46. The maximum atomic E-state index is 12.0. The molecular formula is C18H18N4O2. The van der Waals surface area contributed by atoms with Crippen molar-refractivity contribution < 1.29 is 9.59 Å². The zero-order valence-electron chi connectivity index (χ0n) is 13.1. The molecule has 6 heteroatoms. The quantitative estimate of drug-likeness (QED) is 0.643. The number of benzene rings is 1. The molecule has 24 heavy (non-hydrogen) atoms. The van der Waals surface area contributed by atoms with E-state index in [1.54, 1.807) is 12.4 Å². The van der Waals surface area contributed by atoms with Crippen molar-refractivity contribution in [1.82, 2.24) is 20.6 Å². The Kier molecular flexibility index (Phi) is 4.86. The van der Waals surface area contributed by atoms with Crippen LogP contribution in [0.15, 0.2) is 55.0 Å². The smallest absolute Gasteiger partial charge is 0.239 e. The molecule has 1 aromatic carbocycles. The van der Waals surface area contributed by atoms with Gasteiger partial charge in [0, 0.05) is 36.0 Å². The second-order valence-corrected chi connectivity index (χ2v) is 5.45. The number of aromatic amines is 1. The lowest BCUT2D eigenvalue weighted by atomic mass is 10.1. The van der Waals surface area contributed by atoms with Gasteiger partial charge in [-0.2, -0.15) is 0 Å². The molecule has 0 saturated heterocycles. The monoisotopic (exact) mass is 322 g/mol. The highest BCUT2D eigenvalue weighted by molar-refractivity contribution is 5.90. The molecule has 0 aliphatic heterocycles. The van der Waals surface area contributed by atoms with Crippen LogP contribution in [0.1, 0.15) is 11.1 Å². The average molecular weight is 322 g/mol. The molecule has 0 radical (unpaired) electrons. The van der Waals surface area contributed by atoms with E-state index in [0.29, 0.717) is 6.54 Å². The molecule has 3 rings (SSSR count). The van der Waals surface area contributed by atoms with Crippen LogP contribution in [0.25, 0.3) is 10.9 Å². The summed E-state index contributed by atoms with van der Waals surface area (Å²) in [5.74, 6) is -0.405. The molecule has 122 valence electrons. The van der Waals surface area contributed by atoms with Crippen LogP contribution in [-0.2, 0) is 22.6 Å². The van der Waals surface area contributed by atoms with E-state index in [1.807, 2.05) is 42.6 Å². The number of rotatable bonds is 6. The van der Waals surface area contributed by atoms with Gasteiger partial charge in [0.2, 0.25) is 11.8 Å². The lowest BCUT2D eigenvalue weighted by Gasteiger charge is -2.07. The minimum atomic E-state index is -0.223. The molecule has 0 aliphatic carbocycles. The van der Waals surface area contributed by atoms with E-state index in [-0.39, 0.29) is 24.8 Å². The van der Waals surface area contributed by atoms with Gasteiger partial charge in [-0.3, -0.25) is 14.6 Å². The first kappa shape index (κ1) is 15.7. The highest BCUT2D eigenvalue weighted by Gasteiger charge is 2.09. The zero-order valence-corrected chi connectivity index (χ0v) is 13.1. The molecule has 6 nitrogen and oxygen atoms in total. The SMILES string of the molecule is O=C(CNC(=O)Cc1c[nH]c2ccccc12)NCc1ccncc1. The summed E-state index contributed by atoms with van der Waals surface area (Å²) >= 11 is 0. The van der Waals surface area contributed by atoms with Gasteiger partial charge in [-0.05, 0) is 29.3 Å². The molecule has 0 atom stereocenters. The lowest BCUT2D eigenvalue weighted by Crippen LogP contribution is -2.37. The second-order valence-electron chi connectivity index (χ2n) is 5.45. The van der Waals surface area contributed by atoms with Crippen LogP contribution in [0, 0.1) is 0 Å². The minimum Gasteiger partial charge on any atom is -0.361 e. The van der Waals surface area contributed by atoms with Crippen LogP contribution in [0.3, 0.4) is 0 Å². The first-order valence-corrected chi connectivity index (χ1v) is 7.69. The van der Waals surface area contributed by atoms with Gasteiger partial charge < -0.3 is 15.6 Å². The van der Waals surface area contributed by atoms with Crippen LogP contribution < -0.4 is 10.6 Å². The Labute approximate surface area is 139 Å². The van der Waals surface area contributed by atoms with Crippen LogP contribution in [0.5, 0.6) is 0 Å². The number of hydrogen-bond donors (Lipinski definition) is 3. The number of aromatic nitrogens is 2. The van der Waals surface area contributed by atoms with E-state index in [1.165, 1.54) is 0 Å². The summed E-state index contributed by atoms with van der Waals surface area (Å²) in [6.45, 7) is 0.381. The second kappa shape index (κ2) is 7.41. The standard InChI is InChI=1S/C18H18N4O2/c23-17(9-14-11-20-16-4-2-1-3-15(14)16)22-12-18(24)21-10-13-5-7-19-8-6-13/h1-8,11,20H,9-10,12H2,(H,21,24)(H,22,23). The van der Waals surface area contributed by atoms with Crippen molar-refractivity contribution in [2.24, 2.45) is 0 Å². The first-order chi connectivity index (χ1) is 11.7. The molecule has 0 unspecified atom stereocenters. The summed E-state index contributed by atoms with van der Waals surface area (Å²) in [5.41, 5.74) is 2.87. The summed E-state index contributed by atoms with van der Waals surface area (Å²) in [6, 6.07) is 11.5. The Hall–Kier alpha value is -3.15. The fraction of sp³-hybridized carbons (Fsp3) is 0.167. The molecule has 3 aromatic rings. The predicted octanol–water partition coefficient (Wildman–Crippen LogP) is 1.54. The van der Waals surface area contributed by atoms with E-state index in [2.05, 4.69) is 20.6 Å². The van der Waals surface area contributed by atoms with Crippen molar-refractivity contribution >= 4 is 22.7 Å². The van der Waals surface area contributed by atoms with Crippen LogP contribution in [-0.4, -0.2) is 28.3 Å². The van der Waals surface area contributed by atoms with Gasteiger partial charge in [-0.25, -0.2) is 0 Å². The molecule has 0 spiro atoms. The molecule has 0 bridgehead atoms. The number of H-pyrrole nitrogens is 1. The number of carbonyl (C=O) groups excluding carboxylic acids is 2. The molecule has 2 aromatic heterocycles. The van der Waals surface area contributed by atoms with E-state index in [4.69, 9.17) is 0 Å². The summed E-state index contributed by atoms with van der Waals surface area (Å²) in [6.07, 6.45) is 5.41. The third-order valence-corrected chi connectivity index (χ3v) is 3.71. The highest BCUT2D eigenvalue weighted by Crippen LogP contribution is 2.17. The highest BCUT2D eigenvalue weighted by atomic mass is 16.2. The van der Waals surface area contributed by atoms with E-state index in [0.717, 1.165) is 22.0 Å². The third-order valence-electron chi connectivity index (χ3n) is 3.71. The number of pyridine rings is 1. The number of hydrogen-bond acceptors (Lipinski definition) is 3. The minimum absolute atomic E-state index is 0.0354. The first-order valence-electron chi connectivity index (χ1n) is 7.69. The largest absolute Gasteiger partial charge is 0.361 e. The summed E-state index contributed by atoms with van der Waals surface area (Å²) in [7, 11) is 0. The van der Waals surface area contributed by atoms with Gasteiger partial charge in [-0.15, -0.1) is 0 Å². The van der Waals surface area contributed by atoms with E-state index in [9.17, 15) is 9.59 Å². The van der Waals surface area contributed by atoms with Crippen LogP contribution in [0.4, 0.5) is 0 Å². The summed E-state index contributed by atoms with van der Waals surface area (Å²) in [5, 5.41) is 6.42. The third kappa shape index (κ3) is 3.98. The van der Waals surface area contributed by atoms with Crippen LogP contribution >= 0.6 is 0 Å². The average Bonchev–Trinajstić information content (AvgIpc) is 3.02. The van der Waals surface area contributed by atoms with E-state index >= 15 is 0 Å². The molecule has 3 N–H and O–H groups in total. The van der Waals surface area contributed by atoms with Crippen molar-refractivity contribution in [3.8, 4) is 0 Å². The zero-order chi connectivity index (χ0) is 16.8. The fourth-order valence-electron chi connectivity index (χ4n) is 2.46. The Morgan fingerprint density at radius 3 is 2.62 bits per heavy atom. The van der Waals surface area contributed by atoms with Crippen molar-refractivity contribution in [3.05, 3.63) is 66.1 Å². The normalized spacial score (nSPS) is 10.5. The maximum absolute atomic E-state index is 12.0. The predicted molar refractivity (Wildman–Crippen MR) is 91.1 cm³/mol. The van der Waals surface area contributed by atoms with Crippen molar-refractivity contribution in [2.45, 2.75) is 13.0 Å². The molecule has 2 amide bonds. The van der Waals surface area contributed by atoms with Gasteiger partial charge in [0.25, 0.3) is 0 Å². The number of carbonyl (C=O) groups is 2. The Morgan fingerprint density at radius 1 is 1.00 bits per heavy atom. The number of amides is 2. The van der Waals surface area contributed by atoms with Crippen LogP contribution in [0.2, 0.25) is 0 Å². The van der Waals surface area contributed by atoms with E-state index < -0.39 is 0 Å². The summed E-state index contributed by atoms with van der Waals surface area (Å²) < 4.78 is 0. The molecule has 0 aliphatic rings. The topological polar surface area (TPSA) is 86.9 Å². The maximum Gasteiger partial charge on any atom is 0.239 e. The molecule has 0 saturated carbocycles. The number of fused-ring (bicyclic) bond motifs is 1. The number of nitrogens with one attached hydrogen (secondary N) is 3. The fourth-order valence-corrected chi connectivity index (χ4v) is 2.46. The van der Waals surface area contributed by atoms with Gasteiger partial charge in [0.05, 0.1) is 13.0 Å². The van der Waals surface area contributed by atoms with Crippen molar-refractivity contribution in [1.29, 1.82) is 0 Å².